The molecule has 236 valence electrons. The third-order valence-electron chi connectivity index (χ3n) is 6.38. The third kappa shape index (κ3) is 13.7. The molecule has 0 radical (unpaired) electrons. The topological polar surface area (TPSA) is 215 Å². The molecule has 0 heterocycles. The average Bonchev–Trinajstić information content (AvgIpc) is 2.84. The molecular formula is C29H48N6O7. The van der Waals surface area contributed by atoms with Crippen LogP contribution in [0.5, 0.6) is 0 Å². The van der Waals surface area contributed by atoms with Crippen molar-refractivity contribution in [1.29, 1.82) is 0 Å². The number of primary amides is 1. The van der Waals surface area contributed by atoms with Crippen molar-refractivity contribution in [2.45, 2.75) is 97.9 Å². The summed E-state index contributed by atoms with van der Waals surface area (Å²) in [4.78, 5) is 60.8. The van der Waals surface area contributed by atoms with E-state index in [1.54, 1.807) is 72.7 Å². The quantitative estimate of drug-likeness (QED) is 0.150. The fourth-order valence-corrected chi connectivity index (χ4v) is 3.95. The van der Waals surface area contributed by atoms with E-state index in [4.69, 9.17) is 16.2 Å². The lowest BCUT2D eigenvalue weighted by atomic mass is 9.84. The van der Waals surface area contributed by atoms with E-state index in [2.05, 4.69) is 21.3 Å². The van der Waals surface area contributed by atoms with E-state index in [1.807, 2.05) is 0 Å². The van der Waals surface area contributed by atoms with E-state index >= 15 is 0 Å². The maximum atomic E-state index is 13.1. The molecule has 0 unspecified atom stereocenters. The number of nitrogens with two attached hydrogens (primary N) is 2. The first kappa shape index (κ1) is 36.2. The number of carboxylic acid groups (broad SMARTS) is 1. The zero-order valence-electron chi connectivity index (χ0n) is 25.7. The van der Waals surface area contributed by atoms with Crippen molar-refractivity contribution >= 4 is 35.6 Å². The Morgan fingerprint density at radius 3 is 2.05 bits per heavy atom. The molecule has 13 nitrogen and oxygen atoms in total. The van der Waals surface area contributed by atoms with Gasteiger partial charge < -0.3 is 42.6 Å². The van der Waals surface area contributed by atoms with Crippen molar-refractivity contribution in [3.05, 3.63) is 29.8 Å². The van der Waals surface area contributed by atoms with Crippen LogP contribution >= 0.6 is 0 Å². The van der Waals surface area contributed by atoms with Crippen LogP contribution in [0.15, 0.2) is 24.3 Å². The molecule has 42 heavy (non-hydrogen) atoms. The first-order chi connectivity index (χ1) is 19.3. The van der Waals surface area contributed by atoms with Crippen LogP contribution in [0.3, 0.4) is 0 Å². The summed E-state index contributed by atoms with van der Waals surface area (Å²) in [7, 11) is 0. The van der Waals surface area contributed by atoms with Gasteiger partial charge in [0.05, 0.1) is 11.5 Å². The Balaban J connectivity index is 3.00. The Morgan fingerprint density at radius 2 is 1.55 bits per heavy atom. The molecule has 0 bridgehead atoms. The van der Waals surface area contributed by atoms with E-state index in [0.717, 1.165) is 5.56 Å². The van der Waals surface area contributed by atoms with Crippen LogP contribution in [-0.2, 0) is 25.5 Å². The van der Waals surface area contributed by atoms with Gasteiger partial charge in [-0.15, -0.1) is 0 Å². The van der Waals surface area contributed by atoms with Crippen molar-refractivity contribution in [2.24, 2.45) is 22.8 Å². The zero-order valence-corrected chi connectivity index (χ0v) is 25.7. The highest BCUT2D eigenvalue weighted by Crippen LogP contribution is 2.25. The van der Waals surface area contributed by atoms with Crippen LogP contribution in [0.25, 0.3) is 0 Å². The summed E-state index contributed by atoms with van der Waals surface area (Å²) in [5.41, 5.74) is 10.5. The number of carboxylic acids is 1. The largest absolute Gasteiger partial charge is 0.481 e. The normalized spacial score (nSPS) is 13.8. The molecule has 5 amide bonds. The molecule has 0 saturated heterocycles. The first-order valence-electron chi connectivity index (χ1n) is 14.0. The fourth-order valence-electron chi connectivity index (χ4n) is 3.95. The van der Waals surface area contributed by atoms with Gasteiger partial charge in [0.2, 0.25) is 11.8 Å². The van der Waals surface area contributed by atoms with E-state index in [0.29, 0.717) is 18.5 Å². The molecule has 0 saturated carbocycles. The van der Waals surface area contributed by atoms with Crippen LogP contribution in [0, 0.1) is 11.3 Å². The van der Waals surface area contributed by atoms with Gasteiger partial charge in [0.15, 0.2) is 0 Å². The number of anilines is 1. The number of hydrogen-bond donors (Lipinski definition) is 7. The third-order valence-corrected chi connectivity index (χ3v) is 6.38. The molecule has 3 atom stereocenters. The van der Waals surface area contributed by atoms with Crippen LogP contribution in [0.4, 0.5) is 15.3 Å². The van der Waals surface area contributed by atoms with Crippen molar-refractivity contribution in [3.8, 4) is 0 Å². The minimum Gasteiger partial charge on any atom is -0.481 e. The van der Waals surface area contributed by atoms with E-state index in [9.17, 15) is 29.1 Å². The van der Waals surface area contributed by atoms with Crippen molar-refractivity contribution < 1.29 is 33.8 Å². The number of aliphatic carboxylic acids is 1. The predicted octanol–water partition coefficient (Wildman–Crippen LogP) is 2.48. The smallest absolute Gasteiger partial charge is 0.407 e. The highest BCUT2D eigenvalue weighted by atomic mass is 16.6. The van der Waals surface area contributed by atoms with Crippen molar-refractivity contribution in [2.75, 3.05) is 11.9 Å². The number of amides is 5. The molecule has 0 aliphatic heterocycles. The molecule has 0 aliphatic carbocycles. The lowest BCUT2D eigenvalue weighted by molar-refractivity contribution is -0.147. The Morgan fingerprint density at radius 1 is 0.952 bits per heavy atom. The molecule has 0 aliphatic rings. The monoisotopic (exact) mass is 592 g/mol. The van der Waals surface area contributed by atoms with Gasteiger partial charge in [0, 0.05) is 18.3 Å². The number of carbonyl (C=O) groups is 5. The number of hydrogen-bond acceptors (Lipinski definition) is 7. The number of benzene rings is 1. The molecule has 0 spiro atoms. The summed E-state index contributed by atoms with van der Waals surface area (Å²) < 4.78 is 5.36. The molecular weight excluding hydrogens is 544 g/mol. The van der Waals surface area contributed by atoms with Gasteiger partial charge in [-0.05, 0) is 83.9 Å². The first-order valence-corrected chi connectivity index (χ1v) is 14.0. The lowest BCUT2D eigenvalue weighted by Crippen LogP contribution is -2.51. The summed E-state index contributed by atoms with van der Waals surface area (Å²) >= 11 is 0. The summed E-state index contributed by atoms with van der Waals surface area (Å²) in [5.74, 6) is -2.04. The van der Waals surface area contributed by atoms with Crippen molar-refractivity contribution in [1.82, 2.24) is 16.0 Å². The number of carbonyl (C=O) groups excluding carboxylic acids is 4. The van der Waals surface area contributed by atoms with Gasteiger partial charge >= 0.3 is 18.1 Å². The molecule has 1 aromatic carbocycles. The number of rotatable bonds is 15. The number of urea groups is 1. The van der Waals surface area contributed by atoms with Gasteiger partial charge in [-0.3, -0.25) is 14.4 Å². The van der Waals surface area contributed by atoms with Gasteiger partial charge in [-0.2, -0.15) is 0 Å². The predicted molar refractivity (Wildman–Crippen MR) is 160 cm³/mol. The Labute approximate surface area is 247 Å². The van der Waals surface area contributed by atoms with Gasteiger partial charge in [-0.1, -0.05) is 26.0 Å². The minimum absolute atomic E-state index is 0.132. The second-order valence-electron chi connectivity index (χ2n) is 12.4. The van der Waals surface area contributed by atoms with Gasteiger partial charge in [0.25, 0.3) is 0 Å². The molecule has 0 fully saturated rings. The van der Waals surface area contributed by atoms with Crippen molar-refractivity contribution in [3.63, 3.8) is 0 Å². The maximum absolute atomic E-state index is 13.1. The summed E-state index contributed by atoms with van der Waals surface area (Å²) in [5, 5.41) is 20.3. The van der Waals surface area contributed by atoms with E-state index < -0.39 is 59.0 Å². The molecule has 1 aromatic rings. The maximum Gasteiger partial charge on any atom is 0.407 e. The van der Waals surface area contributed by atoms with Crippen LogP contribution < -0.4 is 32.7 Å². The highest BCUT2D eigenvalue weighted by Gasteiger charge is 2.32. The average molecular weight is 593 g/mol. The van der Waals surface area contributed by atoms with Gasteiger partial charge in [0.1, 0.15) is 11.6 Å². The molecule has 1 rings (SSSR count). The molecule has 9 N–H and O–H groups in total. The number of alkyl carbamates (subject to hydrolysis) is 1. The standard InChI is InChI=1S/C29H48N6O7/c1-17(2)22(30)24(37)35-21(9-8-14-32-26(31)40)23(36)33-19-12-10-18(11-13-19)15-20(16-29(6,7)25(38)39)34-27(41)42-28(3,4)5/h10-13,17,20-22H,8-9,14-16,30H2,1-7H3,(H,33,36)(H,34,41)(H,35,37)(H,38,39)(H3,31,32,40)/t20-,21-,22-/m0/s1. The van der Waals surface area contributed by atoms with Gasteiger partial charge in [-0.25, -0.2) is 9.59 Å². The highest BCUT2D eigenvalue weighted by molar-refractivity contribution is 5.97. The Hall–Kier alpha value is -3.87. The SMILES string of the molecule is CC(C)[C@H](N)C(=O)N[C@@H](CCCNC(N)=O)C(=O)Nc1ccc(C[C@@H](CC(C)(C)C(=O)O)NC(=O)OC(C)(C)C)cc1. The van der Waals surface area contributed by atoms with E-state index in [-0.39, 0.29) is 25.3 Å². The zero-order chi connectivity index (χ0) is 32.3. The second-order valence-corrected chi connectivity index (χ2v) is 12.4. The minimum atomic E-state index is -1.10. The fraction of sp³-hybridized carbons (Fsp3) is 0.621. The molecule has 13 heteroatoms. The summed E-state index contributed by atoms with van der Waals surface area (Å²) in [6.45, 7) is 12.2. The molecule has 0 aromatic heterocycles. The summed E-state index contributed by atoms with van der Waals surface area (Å²) in [6.07, 6.45) is 0.454. The summed E-state index contributed by atoms with van der Waals surface area (Å²) in [6, 6.07) is 3.94. The lowest BCUT2D eigenvalue weighted by Gasteiger charge is -2.28. The van der Waals surface area contributed by atoms with Crippen LogP contribution in [0.1, 0.15) is 73.3 Å². The number of nitrogens with one attached hydrogen (secondary N) is 4. The second kappa shape index (κ2) is 15.9. The van der Waals surface area contributed by atoms with Crippen LogP contribution in [-0.4, -0.2) is 65.3 Å². The van der Waals surface area contributed by atoms with Crippen LogP contribution in [0.2, 0.25) is 0 Å². The van der Waals surface area contributed by atoms with E-state index in [1.165, 1.54) is 0 Å². The number of ether oxygens (including phenoxy) is 1. The Bertz CT molecular complexity index is 1080. The Kier molecular flexibility index (Phi) is 13.7.